The van der Waals surface area contributed by atoms with Gasteiger partial charge in [-0.3, -0.25) is 0 Å². The molecule has 25 heteroatoms. The van der Waals surface area contributed by atoms with Gasteiger partial charge in [0.25, 0.3) is 0 Å². The third-order valence-electron chi connectivity index (χ3n) is 5.14. The molecule has 0 amide bonds. The zero-order chi connectivity index (χ0) is 36.9. The Bertz CT molecular complexity index is 1440. The summed E-state index contributed by atoms with van der Waals surface area (Å²) in [5.74, 6) is -25.0. The van der Waals surface area contributed by atoms with Gasteiger partial charge in [-0.1, -0.05) is 0 Å². The summed E-state index contributed by atoms with van der Waals surface area (Å²) in [7, 11) is 0.364. The van der Waals surface area contributed by atoms with E-state index < -0.39 is 119 Å². The van der Waals surface area contributed by atoms with Crippen LogP contribution in [0.3, 0.4) is 0 Å². The molecule has 5 nitrogen and oxygen atoms in total. The number of hydrogen-bond donors (Lipinski definition) is 0. The SMILES string of the molecule is COCC(F)(F)OC(F)(F)C(F)(F)OC(F)(F)C(F)(F)OC(F)(F)COc1c(F)c(F)c(-c2c(F)c(F)c(C)c(F)c2F)c(F)c1F. The van der Waals surface area contributed by atoms with Gasteiger partial charge in [0.05, 0.1) is 11.1 Å². The molecule has 47 heavy (non-hydrogen) atoms. The second-order valence-corrected chi connectivity index (χ2v) is 8.59. The van der Waals surface area contributed by atoms with Crippen LogP contribution in [0, 0.1) is 53.5 Å². The van der Waals surface area contributed by atoms with E-state index in [0.717, 1.165) is 0 Å². The van der Waals surface area contributed by atoms with Crippen molar-refractivity contribution in [3.8, 4) is 16.9 Å². The number of benzene rings is 2. The van der Waals surface area contributed by atoms with Crippen LogP contribution in [-0.4, -0.2) is 57.0 Å². The first-order chi connectivity index (χ1) is 21.0. The Morgan fingerprint density at radius 2 is 0.723 bits per heavy atom. The van der Waals surface area contributed by atoms with E-state index >= 15 is 0 Å². The maximum Gasteiger partial charge on any atom is 0.453 e. The van der Waals surface area contributed by atoms with Gasteiger partial charge in [-0.15, -0.1) is 0 Å². The molecular weight excluding hydrogens is 724 g/mol. The maximum absolute atomic E-state index is 14.5. The lowest BCUT2D eigenvalue weighted by atomic mass is 9.99. The third kappa shape index (κ3) is 7.88. The summed E-state index contributed by atoms with van der Waals surface area (Å²) in [6.45, 7) is -5.12. The fourth-order valence-electron chi connectivity index (χ4n) is 3.08. The van der Waals surface area contributed by atoms with Crippen LogP contribution in [-0.2, 0) is 18.9 Å². The topological polar surface area (TPSA) is 46.2 Å². The first-order valence-electron chi connectivity index (χ1n) is 11.2. The van der Waals surface area contributed by atoms with Gasteiger partial charge in [0, 0.05) is 12.7 Å². The van der Waals surface area contributed by atoms with E-state index in [1.807, 2.05) is 0 Å². The smallest absolute Gasteiger partial charge is 0.453 e. The Morgan fingerprint density at radius 3 is 1.06 bits per heavy atom. The predicted octanol–water partition coefficient (Wildman–Crippen LogP) is 8.41. The normalized spacial score (nSPS) is 13.8. The number of methoxy groups -OCH3 is 1. The first-order valence-corrected chi connectivity index (χ1v) is 11.2. The van der Waals surface area contributed by atoms with Crippen molar-refractivity contribution >= 4 is 0 Å². The molecule has 0 fully saturated rings. The molecule has 0 aliphatic rings. The summed E-state index contributed by atoms with van der Waals surface area (Å²) in [5.41, 5.74) is -6.43. The van der Waals surface area contributed by atoms with Crippen molar-refractivity contribution in [2.24, 2.45) is 0 Å². The molecule has 268 valence electrons. The lowest BCUT2D eigenvalue weighted by Gasteiger charge is -2.34. The van der Waals surface area contributed by atoms with Crippen molar-refractivity contribution in [1.82, 2.24) is 0 Å². The Hall–Kier alpha value is -3.32. The van der Waals surface area contributed by atoms with Gasteiger partial charge in [0.1, 0.15) is 6.61 Å². The average Bonchev–Trinajstić information content (AvgIpc) is 2.89. The number of hydrogen-bond acceptors (Lipinski definition) is 5. The highest BCUT2D eigenvalue weighted by Gasteiger charge is 2.74. The minimum absolute atomic E-state index is 0.364. The second kappa shape index (κ2) is 12.9. The second-order valence-electron chi connectivity index (χ2n) is 8.59. The molecule has 2 rings (SSSR count). The Balaban J connectivity index is 2.38. The molecule has 0 atom stereocenters. The van der Waals surface area contributed by atoms with Gasteiger partial charge in [0.15, 0.2) is 47.3 Å². The number of rotatable bonds is 14. The first kappa shape index (κ1) is 39.9. The average molecular weight is 734 g/mol. The predicted molar refractivity (Wildman–Crippen MR) is 107 cm³/mol. The van der Waals surface area contributed by atoms with Gasteiger partial charge in [-0.05, 0) is 6.92 Å². The highest BCUT2D eigenvalue weighted by Crippen LogP contribution is 2.49. The lowest BCUT2D eigenvalue weighted by molar-refractivity contribution is -0.558. The van der Waals surface area contributed by atoms with E-state index in [-0.39, 0.29) is 0 Å². The van der Waals surface area contributed by atoms with Crippen molar-refractivity contribution in [3.05, 3.63) is 52.1 Å². The summed E-state index contributed by atoms with van der Waals surface area (Å²) < 4.78 is 289. The summed E-state index contributed by atoms with van der Waals surface area (Å²) in [6.07, 6.45) is -40.3. The van der Waals surface area contributed by atoms with Crippen LogP contribution in [0.5, 0.6) is 5.75 Å². The monoisotopic (exact) mass is 734 g/mol. The van der Waals surface area contributed by atoms with Crippen LogP contribution in [0.4, 0.5) is 87.8 Å². The molecular formula is C22H10F20O5. The fourth-order valence-corrected chi connectivity index (χ4v) is 3.08. The van der Waals surface area contributed by atoms with Crippen LogP contribution < -0.4 is 4.74 Å². The molecule has 0 aliphatic carbocycles. The molecule has 0 radical (unpaired) electrons. The van der Waals surface area contributed by atoms with Gasteiger partial charge in [-0.25, -0.2) is 40.6 Å². The maximum atomic E-state index is 14.5. The quantitative estimate of drug-likeness (QED) is 0.144. The van der Waals surface area contributed by atoms with Crippen molar-refractivity contribution in [2.45, 2.75) is 43.6 Å². The summed E-state index contributed by atoms with van der Waals surface area (Å²) >= 11 is 0. The Kier molecular flexibility index (Phi) is 11.0. The van der Waals surface area contributed by atoms with E-state index in [2.05, 4.69) is 18.9 Å². The molecule has 2 aromatic carbocycles. The minimum Gasteiger partial charge on any atom is -0.478 e. The van der Waals surface area contributed by atoms with Crippen LogP contribution in [0.2, 0.25) is 0 Å². The molecule has 0 aliphatic heterocycles. The molecule has 0 N–H and O–H groups in total. The molecule has 0 unspecified atom stereocenters. The Labute approximate surface area is 245 Å². The van der Waals surface area contributed by atoms with Crippen molar-refractivity contribution < 1.29 is 111 Å². The van der Waals surface area contributed by atoms with E-state index in [9.17, 15) is 87.8 Å². The molecule has 0 aromatic heterocycles. The fraction of sp³-hybridized carbons (Fsp3) is 0.455. The van der Waals surface area contributed by atoms with Crippen LogP contribution in [0.25, 0.3) is 11.1 Å². The van der Waals surface area contributed by atoms with Gasteiger partial charge in [0.2, 0.25) is 11.6 Å². The van der Waals surface area contributed by atoms with Crippen molar-refractivity contribution in [1.29, 1.82) is 0 Å². The zero-order valence-corrected chi connectivity index (χ0v) is 22.0. The summed E-state index contributed by atoms with van der Waals surface area (Å²) in [4.78, 5) is 0. The van der Waals surface area contributed by atoms with Crippen LogP contribution >= 0.6 is 0 Å². The highest BCUT2D eigenvalue weighted by atomic mass is 19.4. The van der Waals surface area contributed by atoms with E-state index in [0.29, 0.717) is 14.0 Å². The standard InChI is InChI=1S/C22H10F20O5/c1-5-8(23)10(25)6(11(26)9(5)24)7-12(27)14(29)16(15(30)13(7)28)44-4-18(33,34)46-20(37,38)22(41,42)47-21(39,40)19(35,36)45-17(31,32)3-43-2/h3-4H2,1-2H3. The minimum atomic E-state index is -7.35. The summed E-state index contributed by atoms with van der Waals surface area (Å²) in [5, 5.41) is 0. The highest BCUT2D eigenvalue weighted by molar-refractivity contribution is 5.68. The van der Waals surface area contributed by atoms with E-state index in [4.69, 9.17) is 0 Å². The molecule has 2 aromatic rings. The van der Waals surface area contributed by atoms with Gasteiger partial charge < -0.3 is 9.47 Å². The molecule has 0 bridgehead atoms. The molecule has 0 saturated heterocycles. The van der Waals surface area contributed by atoms with Gasteiger partial charge in [-0.2, -0.15) is 61.5 Å². The molecule has 0 saturated carbocycles. The van der Waals surface area contributed by atoms with Crippen LogP contribution in [0.15, 0.2) is 0 Å². The number of halogens is 20. The number of ether oxygens (including phenoxy) is 5. The number of alkyl halides is 12. The van der Waals surface area contributed by atoms with Crippen LogP contribution in [0.1, 0.15) is 5.56 Å². The van der Waals surface area contributed by atoms with Crippen molar-refractivity contribution in [3.63, 3.8) is 0 Å². The van der Waals surface area contributed by atoms with E-state index in [1.165, 1.54) is 0 Å². The Morgan fingerprint density at radius 1 is 0.426 bits per heavy atom. The molecule has 0 spiro atoms. The lowest BCUT2D eigenvalue weighted by Crippen LogP contribution is -2.58. The third-order valence-corrected chi connectivity index (χ3v) is 5.14. The van der Waals surface area contributed by atoms with E-state index in [1.54, 1.807) is 4.74 Å². The molecule has 0 heterocycles. The summed E-state index contributed by atoms with van der Waals surface area (Å²) in [6, 6.07) is 0. The van der Waals surface area contributed by atoms with Gasteiger partial charge >= 0.3 is 36.7 Å². The van der Waals surface area contributed by atoms with Crippen molar-refractivity contribution in [2.75, 3.05) is 20.3 Å². The largest absolute Gasteiger partial charge is 0.478 e. The zero-order valence-electron chi connectivity index (χ0n) is 22.0.